The lowest BCUT2D eigenvalue weighted by Crippen LogP contribution is -2.44. The normalized spacial score (nSPS) is 22.3. The minimum absolute atomic E-state index is 0.110. The monoisotopic (exact) mass is 468 g/mol. The summed E-state index contributed by atoms with van der Waals surface area (Å²) in [7, 11) is -2.81. The number of anilines is 1. The minimum Gasteiger partial charge on any atom is -0.377 e. The molecule has 5 rings (SSSR count). The molecule has 0 bridgehead atoms. The fraction of sp³-hybridized carbons (Fsp3) is 0.542. The van der Waals surface area contributed by atoms with Gasteiger partial charge in [-0.05, 0) is 52.7 Å². The van der Waals surface area contributed by atoms with Gasteiger partial charge in [-0.2, -0.15) is 0 Å². The van der Waals surface area contributed by atoms with Crippen molar-refractivity contribution >= 4 is 26.6 Å². The molecule has 1 aliphatic carbocycles. The van der Waals surface area contributed by atoms with Crippen LogP contribution in [-0.2, 0) is 24.8 Å². The standard InChI is InChI=1S/C24H32N6O2S/c1-16-15-32-13-12-29(16)20-14-19(24(8-9-24)33(5,25)31)27-21(28-20)17-6-10-26-22-18(17)7-11-30(22)23(2,3)4/h6-7,10-11,14,16,25H,8-9,12-13,15H2,1-5H3/t16-,33-/m1/s1. The van der Waals surface area contributed by atoms with Crippen LogP contribution in [0.5, 0.6) is 0 Å². The van der Waals surface area contributed by atoms with Gasteiger partial charge in [-0.3, -0.25) is 4.78 Å². The summed E-state index contributed by atoms with van der Waals surface area (Å²) in [6.07, 6.45) is 6.82. The molecule has 33 heavy (non-hydrogen) atoms. The Morgan fingerprint density at radius 3 is 2.64 bits per heavy atom. The van der Waals surface area contributed by atoms with Crippen LogP contribution in [0.1, 0.15) is 46.2 Å². The minimum atomic E-state index is -2.81. The molecule has 1 aliphatic heterocycles. The third-order valence-corrected chi connectivity index (χ3v) is 8.95. The third kappa shape index (κ3) is 3.71. The van der Waals surface area contributed by atoms with Crippen LogP contribution < -0.4 is 4.90 Å². The Morgan fingerprint density at radius 2 is 2.00 bits per heavy atom. The maximum absolute atomic E-state index is 13.0. The zero-order valence-corrected chi connectivity index (χ0v) is 20.8. The molecule has 1 saturated heterocycles. The molecule has 3 aromatic rings. The van der Waals surface area contributed by atoms with Gasteiger partial charge in [0.05, 0.1) is 39.4 Å². The van der Waals surface area contributed by atoms with Crippen molar-refractivity contribution in [2.45, 2.75) is 56.9 Å². The Hall–Kier alpha value is -2.52. The molecule has 3 aromatic heterocycles. The first kappa shape index (κ1) is 22.3. The Morgan fingerprint density at radius 1 is 1.24 bits per heavy atom. The van der Waals surface area contributed by atoms with Gasteiger partial charge in [0.25, 0.3) is 0 Å². The lowest BCUT2D eigenvalue weighted by molar-refractivity contribution is 0.0985. The molecule has 0 unspecified atom stereocenters. The maximum atomic E-state index is 13.0. The molecule has 0 spiro atoms. The molecule has 4 heterocycles. The zero-order valence-electron chi connectivity index (χ0n) is 20.0. The van der Waals surface area contributed by atoms with Gasteiger partial charge in [0.1, 0.15) is 11.5 Å². The van der Waals surface area contributed by atoms with Crippen LogP contribution in [0.2, 0.25) is 0 Å². The summed E-state index contributed by atoms with van der Waals surface area (Å²) in [5, 5.41) is 0.985. The van der Waals surface area contributed by atoms with E-state index < -0.39 is 14.5 Å². The second-order valence-corrected chi connectivity index (χ2v) is 12.8. The predicted octanol–water partition coefficient (Wildman–Crippen LogP) is 4.14. The highest BCUT2D eigenvalue weighted by molar-refractivity contribution is 7.92. The summed E-state index contributed by atoms with van der Waals surface area (Å²) in [4.78, 5) is 16.8. The summed E-state index contributed by atoms with van der Waals surface area (Å²) >= 11 is 0. The first-order chi connectivity index (χ1) is 15.5. The zero-order chi connectivity index (χ0) is 23.6. The lowest BCUT2D eigenvalue weighted by Gasteiger charge is -2.35. The molecule has 0 amide bonds. The number of fused-ring (bicyclic) bond motifs is 1. The molecule has 0 aromatic carbocycles. The van der Waals surface area contributed by atoms with E-state index in [9.17, 15) is 4.21 Å². The summed E-state index contributed by atoms with van der Waals surface area (Å²) in [6.45, 7) is 10.6. The van der Waals surface area contributed by atoms with Gasteiger partial charge in [0, 0.05) is 47.7 Å². The van der Waals surface area contributed by atoms with E-state index in [2.05, 4.69) is 54.4 Å². The van der Waals surface area contributed by atoms with E-state index in [1.165, 1.54) is 6.26 Å². The lowest BCUT2D eigenvalue weighted by atomic mass is 10.1. The Bertz CT molecular complexity index is 1320. The molecule has 9 heteroatoms. The second-order valence-electron chi connectivity index (χ2n) is 10.3. The van der Waals surface area contributed by atoms with Crippen LogP contribution in [0.4, 0.5) is 5.82 Å². The molecule has 2 aliphatic rings. The maximum Gasteiger partial charge on any atom is 0.162 e. The van der Waals surface area contributed by atoms with Gasteiger partial charge in [0.2, 0.25) is 0 Å². The van der Waals surface area contributed by atoms with Crippen molar-refractivity contribution in [2.75, 3.05) is 30.9 Å². The van der Waals surface area contributed by atoms with Crippen molar-refractivity contribution in [3.63, 3.8) is 0 Å². The summed E-state index contributed by atoms with van der Waals surface area (Å²) in [5.41, 5.74) is 2.39. The fourth-order valence-corrected chi connectivity index (χ4v) is 6.12. The van der Waals surface area contributed by atoms with Crippen molar-refractivity contribution in [3.05, 3.63) is 36.3 Å². The van der Waals surface area contributed by atoms with Gasteiger partial charge in [-0.15, -0.1) is 0 Å². The number of hydrogen-bond acceptors (Lipinski definition) is 7. The molecular formula is C24H32N6O2S. The van der Waals surface area contributed by atoms with Crippen molar-refractivity contribution in [1.29, 1.82) is 4.78 Å². The van der Waals surface area contributed by atoms with Crippen LogP contribution in [0.25, 0.3) is 22.4 Å². The number of nitrogens with zero attached hydrogens (tertiary/aromatic N) is 5. The highest BCUT2D eigenvalue weighted by Gasteiger charge is 2.53. The van der Waals surface area contributed by atoms with E-state index >= 15 is 0 Å². The van der Waals surface area contributed by atoms with Gasteiger partial charge < -0.3 is 14.2 Å². The van der Waals surface area contributed by atoms with E-state index in [0.29, 0.717) is 37.6 Å². The Labute approximate surface area is 195 Å². The SMILES string of the molecule is C[C@@H]1COCCN1c1cc(C2([S@](C)(=N)=O)CC2)nc(-c2ccnc3c2ccn3C(C)(C)C)n1. The Balaban J connectivity index is 1.72. The molecule has 8 nitrogen and oxygen atoms in total. The molecule has 176 valence electrons. The molecule has 2 atom stereocenters. The number of rotatable bonds is 4. The highest BCUT2D eigenvalue weighted by atomic mass is 32.2. The predicted molar refractivity (Wildman–Crippen MR) is 131 cm³/mol. The summed E-state index contributed by atoms with van der Waals surface area (Å²) < 4.78 is 28.4. The topological polar surface area (TPSA) is 97.0 Å². The smallest absolute Gasteiger partial charge is 0.162 e. The average Bonchev–Trinajstić information content (AvgIpc) is 3.46. The van der Waals surface area contributed by atoms with Crippen molar-refractivity contribution in [1.82, 2.24) is 19.5 Å². The third-order valence-electron chi connectivity index (χ3n) is 6.84. The highest BCUT2D eigenvalue weighted by Crippen LogP contribution is 2.52. The quantitative estimate of drug-likeness (QED) is 0.618. The number of pyridine rings is 1. The number of morpholine rings is 1. The summed E-state index contributed by atoms with van der Waals surface area (Å²) in [6, 6.07) is 6.14. The van der Waals surface area contributed by atoms with E-state index in [1.54, 1.807) is 6.20 Å². The largest absolute Gasteiger partial charge is 0.377 e. The van der Waals surface area contributed by atoms with E-state index in [4.69, 9.17) is 19.5 Å². The average molecular weight is 469 g/mol. The van der Waals surface area contributed by atoms with Crippen LogP contribution >= 0.6 is 0 Å². The number of nitrogens with one attached hydrogen (secondary N) is 1. The summed E-state index contributed by atoms with van der Waals surface area (Å²) in [5.74, 6) is 1.40. The van der Waals surface area contributed by atoms with Crippen LogP contribution in [0.3, 0.4) is 0 Å². The number of ether oxygens (including phenoxy) is 1. The van der Waals surface area contributed by atoms with Gasteiger partial charge >= 0.3 is 0 Å². The van der Waals surface area contributed by atoms with Gasteiger partial charge in [-0.1, -0.05) is 0 Å². The first-order valence-electron chi connectivity index (χ1n) is 11.5. The molecule has 2 fully saturated rings. The molecule has 1 N–H and O–H groups in total. The van der Waals surface area contributed by atoms with E-state index in [0.717, 1.165) is 29.0 Å². The second kappa shape index (κ2) is 7.50. The molecular weight excluding hydrogens is 436 g/mol. The van der Waals surface area contributed by atoms with Crippen LogP contribution in [0, 0.1) is 4.78 Å². The molecule has 1 saturated carbocycles. The van der Waals surface area contributed by atoms with Crippen LogP contribution in [0.15, 0.2) is 30.6 Å². The van der Waals surface area contributed by atoms with Gasteiger partial charge in [-0.25, -0.2) is 19.2 Å². The van der Waals surface area contributed by atoms with Gasteiger partial charge in [0.15, 0.2) is 5.82 Å². The van der Waals surface area contributed by atoms with Crippen molar-refractivity contribution in [2.24, 2.45) is 0 Å². The van der Waals surface area contributed by atoms with Crippen LogP contribution in [-0.4, -0.2) is 55.8 Å². The van der Waals surface area contributed by atoms with Crippen molar-refractivity contribution < 1.29 is 8.95 Å². The fourth-order valence-electron chi connectivity index (χ4n) is 4.74. The number of aromatic nitrogens is 4. The van der Waals surface area contributed by atoms with E-state index in [1.807, 2.05) is 12.1 Å². The molecule has 0 radical (unpaired) electrons. The van der Waals surface area contributed by atoms with E-state index in [-0.39, 0.29) is 11.6 Å². The number of hydrogen-bond donors (Lipinski definition) is 1. The van der Waals surface area contributed by atoms with Crippen molar-refractivity contribution in [3.8, 4) is 11.4 Å². The Kier molecular flexibility index (Phi) is 5.06. The first-order valence-corrected chi connectivity index (χ1v) is 13.4.